The van der Waals surface area contributed by atoms with Crippen LogP contribution in [0.4, 0.5) is 13.2 Å². The zero-order valence-electron chi connectivity index (χ0n) is 7.51. The monoisotopic (exact) mass is 212 g/mol. The van der Waals surface area contributed by atoms with Crippen LogP contribution in [0.3, 0.4) is 0 Å². The number of amides is 1. The number of carbonyl (C=O) groups excluding carboxylic acids is 1. The number of β-lactam (4-membered cyclic amide) rings is 1. The van der Waals surface area contributed by atoms with Gasteiger partial charge in [-0.15, -0.1) is 0 Å². The second-order valence-corrected chi connectivity index (χ2v) is 3.60. The van der Waals surface area contributed by atoms with Crippen molar-refractivity contribution in [1.29, 1.82) is 0 Å². The smallest absolute Gasteiger partial charge is 0.379 e. The summed E-state index contributed by atoms with van der Waals surface area (Å²) < 4.78 is 36.5. The third-order valence-corrected chi connectivity index (χ3v) is 2.16. The highest BCUT2D eigenvalue weighted by atomic mass is 19.4. The van der Waals surface area contributed by atoms with E-state index in [1.54, 1.807) is 0 Å². The second-order valence-electron chi connectivity index (χ2n) is 3.60. The van der Waals surface area contributed by atoms with Crippen LogP contribution in [0.15, 0.2) is 0 Å². The van der Waals surface area contributed by atoms with Crippen LogP contribution in [0.1, 0.15) is 6.92 Å². The van der Waals surface area contributed by atoms with E-state index >= 15 is 0 Å². The van der Waals surface area contributed by atoms with E-state index in [9.17, 15) is 18.0 Å². The number of rotatable bonds is 2. The van der Waals surface area contributed by atoms with Crippen molar-refractivity contribution >= 4 is 5.91 Å². The third kappa shape index (κ3) is 1.83. The molecule has 1 heterocycles. The summed E-state index contributed by atoms with van der Waals surface area (Å²) in [7, 11) is 0. The van der Waals surface area contributed by atoms with E-state index in [2.05, 4.69) is 0 Å². The summed E-state index contributed by atoms with van der Waals surface area (Å²) in [4.78, 5) is 11.8. The Hall–Kier alpha value is -0.820. The average molecular weight is 212 g/mol. The molecule has 0 bridgehead atoms. The summed E-state index contributed by atoms with van der Waals surface area (Å²) in [6.07, 6.45) is -4.74. The Balaban J connectivity index is 2.57. The van der Waals surface area contributed by atoms with Crippen LogP contribution < -0.4 is 5.73 Å². The minimum Gasteiger partial charge on any atom is -0.379 e. The Morgan fingerprint density at radius 2 is 2.14 bits per heavy atom. The van der Waals surface area contributed by atoms with Crippen molar-refractivity contribution in [3.8, 4) is 0 Å². The van der Waals surface area contributed by atoms with E-state index in [0.717, 1.165) is 4.90 Å². The molecule has 0 aromatic carbocycles. The number of aliphatic hydroxyl groups is 1. The Morgan fingerprint density at radius 3 is 2.43 bits per heavy atom. The van der Waals surface area contributed by atoms with Crippen molar-refractivity contribution in [2.24, 2.45) is 5.73 Å². The number of hydrogen-bond acceptors (Lipinski definition) is 3. The Kier molecular flexibility index (Phi) is 2.49. The summed E-state index contributed by atoms with van der Waals surface area (Å²) in [5, 5.41) is 9.03. The van der Waals surface area contributed by atoms with Gasteiger partial charge < -0.3 is 15.7 Å². The summed E-state index contributed by atoms with van der Waals surface area (Å²) in [5.41, 5.74) is 2.31. The van der Waals surface area contributed by atoms with Gasteiger partial charge in [-0.1, -0.05) is 0 Å². The summed E-state index contributed by atoms with van der Waals surface area (Å²) in [6.45, 7) is -0.0712. The van der Waals surface area contributed by atoms with Gasteiger partial charge in [-0.05, 0) is 6.92 Å². The normalized spacial score (nSPS) is 27.1. The maximum absolute atomic E-state index is 12.2. The quantitative estimate of drug-likeness (QED) is 0.605. The van der Waals surface area contributed by atoms with E-state index in [1.807, 2.05) is 0 Å². The zero-order chi connectivity index (χ0) is 11.1. The fourth-order valence-corrected chi connectivity index (χ4v) is 1.13. The van der Waals surface area contributed by atoms with Crippen molar-refractivity contribution in [1.82, 2.24) is 4.90 Å². The molecule has 1 fully saturated rings. The van der Waals surface area contributed by atoms with Crippen LogP contribution >= 0.6 is 0 Å². The molecule has 3 N–H and O–H groups in total. The lowest BCUT2D eigenvalue weighted by atomic mass is 10.0. The molecule has 2 unspecified atom stereocenters. The van der Waals surface area contributed by atoms with E-state index in [-0.39, 0.29) is 6.54 Å². The minimum atomic E-state index is -4.74. The fraction of sp³-hybridized carbons (Fsp3) is 0.857. The molecule has 0 spiro atoms. The molecule has 0 aliphatic carbocycles. The van der Waals surface area contributed by atoms with Gasteiger partial charge in [0.2, 0.25) is 5.91 Å². The number of nitrogens with zero attached hydrogens (tertiary/aromatic N) is 1. The zero-order valence-corrected chi connectivity index (χ0v) is 7.51. The van der Waals surface area contributed by atoms with E-state index in [0.29, 0.717) is 6.92 Å². The molecule has 7 heteroatoms. The molecular formula is C7H11F3N2O2. The number of hydrogen-bond donors (Lipinski definition) is 2. The van der Waals surface area contributed by atoms with Crippen LogP contribution in [0.5, 0.6) is 0 Å². The molecule has 1 amide bonds. The van der Waals surface area contributed by atoms with E-state index in [4.69, 9.17) is 10.8 Å². The van der Waals surface area contributed by atoms with Crippen LogP contribution in [-0.4, -0.2) is 46.8 Å². The standard InChI is InChI=1S/C7H11F3N2O2/c1-6(14,7(8,9)10)3-12-2-4(11)5(12)13/h4,14H,2-3,11H2,1H3. The van der Waals surface area contributed by atoms with Crippen LogP contribution in [-0.2, 0) is 4.79 Å². The van der Waals surface area contributed by atoms with Gasteiger partial charge >= 0.3 is 6.18 Å². The first-order chi connectivity index (χ1) is 6.15. The van der Waals surface area contributed by atoms with Crippen molar-refractivity contribution in [2.75, 3.05) is 13.1 Å². The molecule has 1 saturated heterocycles. The highest BCUT2D eigenvalue weighted by Gasteiger charge is 2.53. The number of alkyl halides is 3. The van der Waals surface area contributed by atoms with Gasteiger partial charge in [-0.25, -0.2) is 0 Å². The molecule has 4 nitrogen and oxygen atoms in total. The molecule has 2 atom stereocenters. The highest BCUT2D eigenvalue weighted by molar-refractivity contribution is 5.87. The molecule has 0 aromatic heterocycles. The van der Waals surface area contributed by atoms with Crippen molar-refractivity contribution in [2.45, 2.75) is 24.7 Å². The molecule has 0 radical (unpaired) electrons. The summed E-state index contributed by atoms with van der Waals surface area (Å²) >= 11 is 0. The van der Waals surface area contributed by atoms with E-state index in [1.165, 1.54) is 0 Å². The van der Waals surface area contributed by atoms with Gasteiger partial charge in [-0.3, -0.25) is 4.79 Å². The molecule has 14 heavy (non-hydrogen) atoms. The molecule has 82 valence electrons. The third-order valence-electron chi connectivity index (χ3n) is 2.16. The minimum absolute atomic E-state index is 0.0606. The topological polar surface area (TPSA) is 66.6 Å². The first-order valence-electron chi connectivity index (χ1n) is 3.98. The van der Waals surface area contributed by atoms with Crippen molar-refractivity contribution < 1.29 is 23.1 Å². The van der Waals surface area contributed by atoms with Gasteiger partial charge in [0, 0.05) is 6.54 Å². The van der Waals surface area contributed by atoms with Gasteiger partial charge in [0.15, 0.2) is 5.60 Å². The predicted octanol–water partition coefficient (Wildman–Crippen LogP) is -0.531. The Morgan fingerprint density at radius 1 is 1.64 bits per heavy atom. The maximum atomic E-state index is 12.2. The highest BCUT2D eigenvalue weighted by Crippen LogP contribution is 2.31. The second kappa shape index (κ2) is 3.09. The molecule has 1 aliphatic rings. The molecular weight excluding hydrogens is 201 g/mol. The van der Waals surface area contributed by atoms with Crippen LogP contribution in [0.25, 0.3) is 0 Å². The van der Waals surface area contributed by atoms with Gasteiger partial charge in [0.05, 0.1) is 6.54 Å². The number of carbonyl (C=O) groups is 1. The summed E-state index contributed by atoms with van der Waals surface area (Å²) in [5.74, 6) is -0.561. The molecule has 0 aromatic rings. The van der Waals surface area contributed by atoms with E-state index < -0.39 is 30.3 Å². The van der Waals surface area contributed by atoms with Gasteiger partial charge in [-0.2, -0.15) is 13.2 Å². The predicted molar refractivity (Wildman–Crippen MR) is 41.2 cm³/mol. The van der Waals surface area contributed by atoms with Crippen LogP contribution in [0.2, 0.25) is 0 Å². The Labute approximate surface area is 78.5 Å². The maximum Gasteiger partial charge on any atom is 0.418 e. The lowest BCUT2D eigenvalue weighted by molar-refractivity contribution is -0.258. The first kappa shape index (κ1) is 11.3. The molecule has 0 saturated carbocycles. The average Bonchev–Trinajstić information content (AvgIpc) is 2.01. The number of β-amino-alcohol motifs (C(OH)–C–C–N with tert-alkyl or cyclic N) is 1. The largest absolute Gasteiger partial charge is 0.418 e. The number of halogens is 3. The van der Waals surface area contributed by atoms with Crippen molar-refractivity contribution in [3.05, 3.63) is 0 Å². The SMILES string of the molecule is CC(O)(CN1CC(N)C1=O)C(F)(F)F. The van der Waals surface area contributed by atoms with Gasteiger partial charge in [0.1, 0.15) is 6.04 Å². The van der Waals surface area contributed by atoms with Crippen molar-refractivity contribution in [3.63, 3.8) is 0 Å². The first-order valence-corrected chi connectivity index (χ1v) is 3.98. The van der Waals surface area contributed by atoms with Gasteiger partial charge in [0.25, 0.3) is 0 Å². The Bertz CT molecular complexity index is 252. The molecule has 1 rings (SSSR count). The summed E-state index contributed by atoms with van der Waals surface area (Å²) in [6, 6.07) is -0.723. The lowest BCUT2D eigenvalue weighted by Gasteiger charge is -2.40. The lowest BCUT2D eigenvalue weighted by Crippen LogP contribution is -2.65. The molecule has 1 aliphatic heterocycles. The fourth-order valence-electron chi connectivity index (χ4n) is 1.13. The van der Waals surface area contributed by atoms with Crippen LogP contribution in [0, 0.1) is 0 Å². The number of nitrogens with two attached hydrogens (primary N) is 1. The number of likely N-dealkylation sites (tertiary alicyclic amines) is 1.